The zero-order valence-electron chi connectivity index (χ0n) is 15.9. The van der Waals surface area contributed by atoms with Crippen LogP contribution in [0.3, 0.4) is 0 Å². The highest BCUT2D eigenvalue weighted by molar-refractivity contribution is 7.18. The van der Waals surface area contributed by atoms with Crippen LogP contribution in [0.2, 0.25) is 0 Å². The lowest BCUT2D eigenvalue weighted by Gasteiger charge is -2.14. The third-order valence-corrected chi connectivity index (χ3v) is 6.28. The summed E-state index contributed by atoms with van der Waals surface area (Å²) in [7, 11) is 0. The number of rotatable bonds is 5. The summed E-state index contributed by atoms with van der Waals surface area (Å²) in [5.74, 6) is -0.252. The second kappa shape index (κ2) is 7.75. The molecule has 150 valence electrons. The van der Waals surface area contributed by atoms with Gasteiger partial charge in [0.15, 0.2) is 0 Å². The summed E-state index contributed by atoms with van der Waals surface area (Å²) in [6.45, 7) is 1.96. The average molecular weight is 412 g/mol. The number of nitro benzene ring substituents is 1. The molecule has 2 aromatic heterocycles. The standard InChI is InChI=1S/C20H20N4O4S/c1-2-7-16-21-19-17(13-9-4-6-11-15(13)29-19)20(26)23(16)22-18(25)12-8-3-5-10-14(12)24(27)28/h3,5,8,10H,2,4,6-7,9,11H2,1H3,(H,22,25). The Morgan fingerprint density at radius 1 is 1.31 bits per heavy atom. The minimum absolute atomic E-state index is 0.0979. The molecule has 0 unspecified atom stereocenters. The number of carbonyl (C=O) groups is 1. The van der Waals surface area contributed by atoms with E-state index in [2.05, 4.69) is 10.4 Å². The second-order valence-corrected chi connectivity index (χ2v) is 8.11. The van der Waals surface area contributed by atoms with Gasteiger partial charge in [-0.15, -0.1) is 11.3 Å². The normalized spacial score (nSPS) is 13.3. The molecule has 29 heavy (non-hydrogen) atoms. The minimum atomic E-state index is -0.706. The molecule has 9 heteroatoms. The summed E-state index contributed by atoms with van der Waals surface area (Å²) in [6, 6.07) is 5.68. The van der Waals surface area contributed by atoms with Gasteiger partial charge in [-0.25, -0.2) is 9.66 Å². The largest absolute Gasteiger partial charge is 0.282 e. The van der Waals surface area contributed by atoms with Gasteiger partial charge < -0.3 is 0 Å². The summed E-state index contributed by atoms with van der Waals surface area (Å²) in [5.41, 5.74) is 2.88. The van der Waals surface area contributed by atoms with Crippen molar-refractivity contribution in [1.29, 1.82) is 0 Å². The zero-order chi connectivity index (χ0) is 20.5. The second-order valence-electron chi connectivity index (χ2n) is 7.02. The van der Waals surface area contributed by atoms with Crippen molar-refractivity contribution in [3.8, 4) is 0 Å². The molecule has 1 aliphatic carbocycles. The molecule has 0 radical (unpaired) electrons. The molecule has 3 aromatic rings. The smallest absolute Gasteiger partial charge is 0.267 e. The molecule has 4 rings (SSSR count). The number of benzene rings is 1. The molecule has 8 nitrogen and oxygen atoms in total. The maximum atomic E-state index is 13.3. The van der Waals surface area contributed by atoms with Crippen LogP contribution in [-0.4, -0.2) is 20.5 Å². The van der Waals surface area contributed by atoms with Crippen molar-refractivity contribution in [2.45, 2.75) is 45.4 Å². The third kappa shape index (κ3) is 3.42. The highest BCUT2D eigenvalue weighted by Crippen LogP contribution is 2.33. The molecule has 0 aliphatic heterocycles. The quantitative estimate of drug-likeness (QED) is 0.509. The molecule has 0 saturated heterocycles. The van der Waals surface area contributed by atoms with E-state index in [9.17, 15) is 19.7 Å². The van der Waals surface area contributed by atoms with Crippen LogP contribution >= 0.6 is 11.3 Å². The number of amides is 1. The van der Waals surface area contributed by atoms with Crippen molar-refractivity contribution in [2.24, 2.45) is 0 Å². The van der Waals surface area contributed by atoms with Gasteiger partial charge in [0.25, 0.3) is 17.2 Å². The number of hydrogen-bond donors (Lipinski definition) is 1. The molecule has 0 bridgehead atoms. The van der Waals surface area contributed by atoms with Crippen LogP contribution in [0, 0.1) is 10.1 Å². The van der Waals surface area contributed by atoms with E-state index >= 15 is 0 Å². The van der Waals surface area contributed by atoms with Crippen molar-refractivity contribution in [2.75, 3.05) is 5.43 Å². The number of hydrogen-bond acceptors (Lipinski definition) is 6. The Kier molecular flexibility index (Phi) is 5.14. The van der Waals surface area contributed by atoms with Crippen LogP contribution in [0.1, 0.15) is 52.8 Å². The highest BCUT2D eigenvalue weighted by atomic mass is 32.1. The van der Waals surface area contributed by atoms with Gasteiger partial charge in [0, 0.05) is 17.4 Å². The summed E-state index contributed by atoms with van der Waals surface area (Å²) in [5, 5.41) is 11.8. The number of nitro groups is 1. The lowest BCUT2D eigenvalue weighted by atomic mass is 9.97. The number of para-hydroxylation sites is 1. The van der Waals surface area contributed by atoms with E-state index in [4.69, 9.17) is 0 Å². The highest BCUT2D eigenvalue weighted by Gasteiger charge is 2.24. The van der Waals surface area contributed by atoms with Crippen molar-refractivity contribution in [3.63, 3.8) is 0 Å². The monoisotopic (exact) mass is 412 g/mol. The average Bonchev–Trinajstić information content (AvgIpc) is 3.09. The fourth-order valence-electron chi connectivity index (χ4n) is 3.74. The van der Waals surface area contributed by atoms with Gasteiger partial charge in [-0.1, -0.05) is 19.1 Å². The Hall–Kier alpha value is -3.07. The molecule has 1 aliphatic rings. The molecule has 0 spiro atoms. The molecular formula is C20H20N4O4S. The predicted octanol–water partition coefficient (Wildman–Crippen LogP) is 3.58. The van der Waals surface area contributed by atoms with Gasteiger partial charge in [0.2, 0.25) is 0 Å². The molecule has 0 atom stereocenters. The lowest BCUT2D eigenvalue weighted by Crippen LogP contribution is -2.36. The molecule has 0 fully saturated rings. The van der Waals surface area contributed by atoms with Crippen molar-refractivity contribution < 1.29 is 9.72 Å². The first-order valence-corrected chi connectivity index (χ1v) is 10.4. The van der Waals surface area contributed by atoms with Gasteiger partial charge in [-0.05, 0) is 43.7 Å². The summed E-state index contributed by atoms with van der Waals surface area (Å²) in [6.07, 6.45) is 5.15. The van der Waals surface area contributed by atoms with E-state index in [-0.39, 0.29) is 16.8 Å². The van der Waals surface area contributed by atoms with E-state index in [1.54, 1.807) is 17.4 Å². The fourth-order valence-corrected chi connectivity index (χ4v) is 5.01. The van der Waals surface area contributed by atoms with Gasteiger partial charge in [-0.3, -0.25) is 25.1 Å². The Balaban J connectivity index is 1.83. The maximum absolute atomic E-state index is 13.3. The van der Waals surface area contributed by atoms with E-state index in [1.807, 2.05) is 6.92 Å². The Labute approximate surface area is 170 Å². The topological polar surface area (TPSA) is 107 Å². The third-order valence-electron chi connectivity index (χ3n) is 5.09. The van der Waals surface area contributed by atoms with Crippen molar-refractivity contribution in [3.05, 3.63) is 66.6 Å². The van der Waals surface area contributed by atoms with Crippen LogP contribution in [0.15, 0.2) is 29.1 Å². The van der Waals surface area contributed by atoms with Crippen molar-refractivity contribution >= 4 is 33.1 Å². The zero-order valence-corrected chi connectivity index (χ0v) is 16.8. The molecule has 1 aromatic carbocycles. The van der Waals surface area contributed by atoms with Crippen LogP contribution in [0.4, 0.5) is 5.69 Å². The fraction of sp³-hybridized carbons (Fsp3) is 0.350. The molecule has 1 N–H and O–H groups in total. The number of nitrogens with zero attached hydrogens (tertiary/aromatic N) is 3. The van der Waals surface area contributed by atoms with Gasteiger partial charge in [0.1, 0.15) is 16.2 Å². The van der Waals surface area contributed by atoms with Gasteiger partial charge in [0.05, 0.1) is 10.3 Å². The molecule has 1 amide bonds. The number of aromatic nitrogens is 2. The van der Waals surface area contributed by atoms with E-state index in [0.29, 0.717) is 22.5 Å². The van der Waals surface area contributed by atoms with E-state index in [1.165, 1.54) is 27.8 Å². The SMILES string of the molecule is CCCc1nc2sc3c(c2c(=O)n1NC(=O)c1ccccc1[N+](=O)[O-])CCCC3. The Bertz CT molecular complexity index is 1180. The van der Waals surface area contributed by atoms with Crippen LogP contribution in [0.5, 0.6) is 0 Å². The first kappa shape index (κ1) is 19.3. The Morgan fingerprint density at radius 3 is 2.83 bits per heavy atom. The van der Waals surface area contributed by atoms with E-state index in [0.717, 1.165) is 37.7 Å². The number of aryl methyl sites for hydroxylation is 3. The predicted molar refractivity (Wildman–Crippen MR) is 111 cm³/mol. The summed E-state index contributed by atoms with van der Waals surface area (Å²) < 4.78 is 1.17. The molecular weight excluding hydrogens is 392 g/mol. The molecule has 2 heterocycles. The van der Waals surface area contributed by atoms with Crippen LogP contribution in [0.25, 0.3) is 10.2 Å². The number of fused-ring (bicyclic) bond motifs is 3. The number of thiophene rings is 1. The first-order chi connectivity index (χ1) is 14.0. The van der Waals surface area contributed by atoms with Gasteiger partial charge >= 0.3 is 0 Å². The lowest BCUT2D eigenvalue weighted by molar-refractivity contribution is -0.385. The minimum Gasteiger partial charge on any atom is -0.267 e. The summed E-state index contributed by atoms with van der Waals surface area (Å²) in [4.78, 5) is 43.4. The van der Waals surface area contributed by atoms with Gasteiger partial charge in [-0.2, -0.15) is 0 Å². The number of carbonyl (C=O) groups excluding carboxylic acids is 1. The molecule has 0 saturated carbocycles. The maximum Gasteiger partial charge on any atom is 0.282 e. The van der Waals surface area contributed by atoms with Crippen molar-refractivity contribution in [1.82, 2.24) is 9.66 Å². The van der Waals surface area contributed by atoms with Crippen LogP contribution in [-0.2, 0) is 19.3 Å². The number of nitrogens with one attached hydrogen (secondary N) is 1. The first-order valence-electron chi connectivity index (χ1n) is 9.62. The Morgan fingerprint density at radius 2 is 2.07 bits per heavy atom. The van der Waals surface area contributed by atoms with E-state index < -0.39 is 10.8 Å². The summed E-state index contributed by atoms with van der Waals surface area (Å²) >= 11 is 1.56. The van der Waals surface area contributed by atoms with Crippen LogP contribution < -0.4 is 11.0 Å².